The number of hydrogen-bond acceptors (Lipinski definition) is 7. The largest absolute Gasteiger partial charge is 0.420 e. The molecule has 4 aromatic rings. The van der Waals surface area contributed by atoms with Gasteiger partial charge in [0.25, 0.3) is 0 Å². The maximum absolute atomic E-state index is 13.1. The number of rotatable bonds is 6. The predicted octanol–water partition coefficient (Wildman–Crippen LogP) is 4.08. The highest BCUT2D eigenvalue weighted by Crippen LogP contribution is 2.23. The zero-order chi connectivity index (χ0) is 20.4. The maximum Gasteiger partial charge on any atom is 0.420 e. The second kappa shape index (κ2) is 8.04. The van der Waals surface area contributed by atoms with Crippen LogP contribution in [0, 0.1) is 5.82 Å². The topological polar surface area (TPSA) is 85.8 Å². The Morgan fingerprint density at radius 1 is 1.21 bits per heavy atom. The quantitative estimate of drug-likeness (QED) is 0.512. The molecule has 0 aliphatic carbocycles. The molecule has 0 unspecified atom stereocenters. The number of anilines is 1. The molecule has 4 rings (SSSR count). The Morgan fingerprint density at radius 3 is 2.69 bits per heavy atom. The third-order valence-electron chi connectivity index (χ3n) is 4.50. The van der Waals surface area contributed by atoms with Crippen molar-refractivity contribution in [3.8, 4) is 11.3 Å². The highest BCUT2D eigenvalue weighted by molar-refractivity contribution is 7.97. The standard InChI is InChI=1S/C20H18FN5O2S/c1-12(13-3-6-15(21)7-4-13)23-19-22-10-16(24-25-19)14-5-8-18-17(9-14)26(11-29-2)20(27)28-18/h3-10,12H,11H2,1-2H3,(H,22,23,25)/t12-/m1/s1. The fourth-order valence-corrected chi connectivity index (χ4v) is 3.48. The molecule has 0 aliphatic heterocycles. The smallest absolute Gasteiger partial charge is 0.408 e. The molecule has 7 nitrogen and oxygen atoms in total. The van der Waals surface area contributed by atoms with Gasteiger partial charge >= 0.3 is 5.76 Å². The van der Waals surface area contributed by atoms with E-state index in [0.717, 1.165) is 11.1 Å². The second-order valence-electron chi connectivity index (χ2n) is 6.48. The van der Waals surface area contributed by atoms with Gasteiger partial charge in [0.2, 0.25) is 5.95 Å². The van der Waals surface area contributed by atoms with E-state index in [2.05, 4.69) is 20.5 Å². The van der Waals surface area contributed by atoms with Crippen LogP contribution < -0.4 is 11.1 Å². The molecule has 1 N–H and O–H groups in total. The van der Waals surface area contributed by atoms with Gasteiger partial charge in [0.05, 0.1) is 23.6 Å². The van der Waals surface area contributed by atoms with Crippen LogP contribution in [0.2, 0.25) is 0 Å². The molecule has 0 aliphatic rings. The van der Waals surface area contributed by atoms with Crippen molar-refractivity contribution < 1.29 is 8.81 Å². The first-order valence-electron chi connectivity index (χ1n) is 8.89. The first kappa shape index (κ1) is 19.1. The third-order valence-corrected chi connectivity index (χ3v) is 5.01. The average molecular weight is 411 g/mol. The lowest BCUT2D eigenvalue weighted by Gasteiger charge is -2.13. The minimum Gasteiger partial charge on any atom is -0.408 e. The van der Waals surface area contributed by atoms with Crippen molar-refractivity contribution in [1.29, 1.82) is 0 Å². The molecule has 0 spiro atoms. The summed E-state index contributed by atoms with van der Waals surface area (Å²) in [7, 11) is 0. The summed E-state index contributed by atoms with van der Waals surface area (Å²) < 4.78 is 19.9. The van der Waals surface area contributed by atoms with Gasteiger partial charge in [-0.1, -0.05) is 12.1 Å². The van der Waals surface area contributed by atoms with Gasteiger partial charge in [-0.15, -0.1) is 22.0 Å². The highest BCUT2D eigenvalue weighted by atomic mass is 32.2. The zero-order valence-corrected chi connectivity index (χ0v) is 16.6. The SMILES string of the molecule is CSCn1c(=O)oc2ccc(-c3cnc(N[C@H](C)c4ccc(F)cc4)nn3)cc21. The molecule has 148 valence electrons. The predicted molar refractivity (Wildman–Crippen MR) is 111 cm³/mol. The summed E-state index contributed by atoms with van der Waals surface area (Å²) in [5.41, 5.74) is 3.51. The van der Waals surface area contributed by atoms with Crippen LogP contribution in [-0.4, -0.2) is 26.0 Å². The van der Waals surface area contributed by atoms with Gasteiger partial charge in [-0.3, -0.25) is 4.57 Å². The van der Waals surface area contributed by atoms with Gasteiger partial charge < -0.3 is 9.73 Å². The lowest BCUT2D eigenvalue weighted by Crippen LogP contribution is -2.12. The van der Waals surface area contributed by atoms with Crippen molar-refractivity contribution in [2.24, 2.45) is 0 Å². The minimum absolute atomic E-state index is 0.105. The number of benzene rings is 2. The monoisotopic (exact) mass is 411 g/mol. The van der Waals surface area contributed by atoms with E-state index in [1.807, 2.05) is 25.3 Å². The molecule has 1 atom stereocenters. The summed E-state index contributed by atoms with van der Waals surface area (Å²) in [6.45, 7) is 1.93. The summed E-state index contributed by atoms with van der Waals surface area (Å²) in [5.74, 6) is 0.212. The van der Waals surface area contributed by atoms with Gasteiger partial charge in [0, 0.05) is 5.56 Å². The van der Waals surface area contributed by atoms with E-state index in [1.165, 1.54) is 23.9 Å². The van der Waals surface area contributed by atoms with Crippen molar-refractivity contribution in [3.63, 3.8) is 0 Å². The molecule has 29 heavy (non-hydrogen) atoms. The van der Waals surface area contributed by atoms with E-state index in [-0.39, 0.29) is 17.6 Å². The lowest BCUT2D eigenvalue weighted by molar-refractivity contribution is 0.526. The van der Waals surface area contributed by atoms with E-state index in [4.69, 9.17) is 4.42 Å². The molecule has 0 saturated carbocycles. The first-order valence-corrected chi connectivity index (χ1v) is 10.3. The second-order valence-corrected chi connectivity index (χ2v) is 7.32. The molecule has 2 heterocycles. The Morgan fingerprint density at radius 2 is 2.00 bits per heavy atom. The van der Waals surface area contributed by atoms with Gasteiger partial charge in [0.15, 0.2) is 5.58 Å². The van der Waals surface area contributed by atoms with Crippen molar-refractivity contribution in [3.05, 3.63) is 70.6 Å². The van der Waals surface area contributed by atoms with Gasteiger partial charge in [0.1, 0.15) is 11.5 Å². The molecule has 9 heteroatoms. The van der Waals surface area contributed by atoms with E-state index < -0.39 is 0 Å². The van der Waals surface area contributed by atoms with Crippen LogP contribution >= 0.6 is 11.8 Å². The van der Waals surface area contributed by atoms with Gasteiger partial charge in [-0.2, -0.15) is 0 Å². The van der Waals surface area contributed by atoms with E-state index in [0.29, 0.717) is 28.6 Å². The lowest BCUT2D eigenvalue weighted by atomic mass is 10.1. The molecule has 0 radical (unpaired) electrons. The number of halogens is 1. The highest BCUT2D eigenvalue weighted by Gasteiger charge is 2.12. The van der Waals surface area contributed by atoms with Crippen molar-refractivity contribution in [1.82, 2.24) is 19.7 Å². The van der Waals surface area contributed by atoms with Crippen LogP contribution in [-0.2, 0) is 5.88 Å². The number of hydrogen-bond donors (Lipinski definition) is 1. The third kappa shape index (κ3) is 4.00. The molecule has 2 aromatic carbocycles. The number of fused-ring (bicyclic) bond motifs is 1. The van der Waals surface area contributed by atoms with Gasteiger partial charge in [-0.25, -0.2) is 14.2 Å². The van der Waals surface area contributed by atoms with Crippen LogP contribution in [0.1, 0.15) is 18.5 Å². The molecule has 2 aromatic heterocycles. The summed E-state index contributed by atoms with van der Waals surface area (Å²) >= 11 is 1.53. The molecular weight excluding hydrogens is 393 g/mol. The number of thioether (sulfide) groups is 1. The van der Waals surface area contributed by atoms with E-state index >= 15 is 0 Å². The van der Waals surface area contributed by atoms with Crippen LogP contribution in [0.15, 0.2) is 57.9 Å². The summed E-state index contributed by atoms with van der Waals surface area (Å²) in [5, 5.41) is 11.5. The summed E-state index contributed by atoms with van der Waals surface area (Å²) in [6.07, 6.45) is 3.54. The van der Waals surface area contributed by atoms with Crippen molar-refractivity contribution >= 4 is 28.8 Å². The van der Waals surface area contributed by atoms with Crippen LogP contribution in [0.4, 0.5) is 10.3 Å². The molecule has 0 amide bonds. The average Bonchev–Trinajstić information content (AvgIpc) is 3.04. The number of oxazole rings is 1. The van der Waals surface area contributed by atoms with E-state index in [1.54, 1.807) is 29.0 Å². The summed E-state index contributed by atoms with van der Waals surface area (Å²) in [4.78, 5) is 16.3. The number of aromatic nitrogens is 4. The van der Waals surface area contributed by atoms with Gasteiger partial charge in [-0.05, 0) is 49.1 Å². The summed E-state index contributed by atoms with van der Waals surface area (Å²) in [6, 6.07) is 11.5. The fraction of sp³-hybridized carbons (Fsp3) is 0.200. The normalized spacial score (nSPS) is 12.2. The zero-order valence-electron chi connectivity index (χ0n) is 15.8. The van der Waals surface area contributed by atoms with Crippen LogP contribution in [0.3, 0.4) is 0 Å². The van der Waals surface area contributed by atoms with Crippen LogP contribution in [0.25, 0.3) is 22.4 Å². The minimum atomic E-state index is -0.384. The Balaban J connectivity index is 1.56. The molecular formula is C20H18FN5O2S. The Bertz CT molecular complexity index is 1190. The Kier molecular flexibility index (Phi) is 5.30. The molecule has 0 fully saturated rings. The van der Waals surface area contributed by atoms with Crippen molar-refractivity contribution in [2.75, 3.05) is 11.6 Å². The fourth-order valence-electron chi connectivity index (χ4n) is 2.97. The number of nitrogens with zero attached hydrogens (tertiary/aromatic N) is 4. The Hall–Kier alpha value is -3.20. The molecule has 0 bridgehead atoms. The Labute approximate surface area is 170 Å². The van der Waals surface area contributed by atoms with Crippen molar-refractivity contribution in [2.45, 2.75) is 18.8 Å². The molecule has 0 saturated heterocycles. The maximum atomic E-state index is 13.1. The van der Waals surface area contributed by atoms with Crippen LogP contribution in [0.5, 0.6) is 0 Å². The van der Waals surface area contributed by atoms with E-state index in [9.17, 15) is 9.18 Å². The first-order chi connectivity index (χ1) is 14.0. The number of nitrogens with one attached hydrogen (secondary N) is 1.